The van der Waals surface area contributed by atoms with E-state index in [0.717, 1.165) is 5.56 Å². The van der Waals surface area contributed by atoms with E-state index in [4.69, 9.17) is 11.6 Å². The average molecular weight is 288 g/mol. The third-order valence-electron chi connectivity index (χ3n) is 2.87. The van der Waals surface area contributed by atoms with Crippen LogP contribution in [0.25, 0.3) is 0 Å². The topological polar surface area (TPSA) is 46.2 Å². The second kappa shape index (κ2) is 6.87. The van der Waals surface area contributed by atoms with Gasteiger partial charge in [0.2, 0.25) is 11.1 Å². The Morgan fingerprint density at radius 3 is 2.05 bits per heavy atom. The zero-order chi connectivity index (χ0) is 14.4. The van der Waals surface area contributed by atoms with E-state index in [-0.39, 0.29) is 12.3 Å². The molecule has 3 nitrogen and oxygen atoms in total. The Labute approximate surface area is 122 Å². The monoisotopic (exact) mass is 287 g/mol. The van der Waals surface area contributed by atoms with Crippen LogP contribution in [0.5, 0.6) is 0 Å². The van der Waals surface area contributed by atoms with Gasteiger partial charge in [-0.25, -0.2) is 0 Å². The van der Waals surface area contributed by atoms with E-state index in [2.05, 4.69) is 5.32 Å². The van der Waals surface area contributed by atoms with Crippen molar-refractivity contribution in [2.75, 3.05) is 0 Å². The minimum absolute atomic E-state index is 0.217. The highest BCUT2D eigenvalue weighted by Crippen LogP contribution is 2.15. The van der Waals surface area contributed by atoms with Crippen LogP contribution in [0.1, 0.15) is 17.2 Å². The van der Waals surface area contributed by atoms with Gasteiger partial charge < -0.3 is 5.32 Å². The molecule has 0 heterocycles. The highest BCUT2D eigenvalue weighted by molar-refractivity contribution is 6.64. The summed E-state index contributed by atoms with van der Waals surface area (Å²) in [6.07, 6.45) is 0.217. The predicted octanol–water partition coefficient (Wildman–Crippen LogP) is 2.85. The fourth-order valence-corrected chi connectivity index (χ4v) is 2.09. The maximum Gasteiger partial charge on any atom is 0.248 e. The molecule has 0 aliphatic heterocycles. The number of carbonyl (C=O) groups excluding carboxylic acids is 2. The van der Waals surface area contributed by atoms with Crippen LogP contribution in [0.2, 0.25) is 0 Å². The van der Waals surface area contributed by atoms with Crippen LogP contribution < -0.4 is 5.32 Å². The zero-order valence-electron chi connectivity index (χ0n) is 10.8. The minimum atomic E-state index is -0.811. The Morgan fingerprint density at radius 2 is 1.50 bits per heavy atom. The van der Waals surface area contributed by atoms with Crippen molar-refractivity contribution in [3.63, 3.8) is 0 Å². The number of hydrogen-bond donors (Lipinski definition) is 1. The summed E-state index contributed by atoms with van der Waals surface area (Å²) in [6.45, 7) is 0. The van der Waals surface area contributed by atoms with Gasteiger partial charge in [-0.3, -0.25) is 9.59 Å². The lowest BCUT2D eigenvalue weighted by molar-refractivity contribution is -0.124. The van der Waals surface area contributed by atoms with Crippen molar-refractivity contribution in [3.05, 3.63) is 71.8 Å². The van der Waals surface area contributed by atoms with Crippen molar-refractivity contribution in [2.45, 2.75) is 12.5 Å². The largest absolute Gasteiger partial charge is 0.341 e. The second-order valence-corrected chi connectivity index (χ2v) is 4.75. The maximum absolute atomic E-state index is 12.0. The summed E-state index contributed by atoms with van der Waals surface area (Å²) in [6, 6.07) is 17.5. The summed E-state index contributed by atoms with van der Waals surface area (Å²) < 4.78 is 0. The summed E-state index contributed by atoms with van der Waals surface area (Å²) in [4.78, 5) is 23.5. The normalized spacial score (nSPS) is 11.7. The van der Waals surface area contributed by atoms with E-state index in [1.165, 1.54) is 0 Å². The summed E-state index contributed by atoms with van der Waals surface area (Å²) in [5, 5.41) is 2.06. The average Bonchev–Trinajstić information content (AvgIpc) is 2.46. The first-order valence-corrected chi connectivity index (χ1v) is 6.62. The Balaban J connectivity index is 2.06. The molecule has 20 heavy (non-hydrogen) atoms. The van der Waals surface area contributed by atoms with E-state index in [0.29, 0.717) is 5.56 Å². The summed E-state index contributed by atoms with van der Waals surface area (Å²) in [5.41, 5.74) is 1.56. The molecule has 1 unspecified atom stereocenters. The number of benzene rings is 2. The Morgan fingerprint density at radius 1 is 0.950 bits per heavy atom. The van der Waals surface area contributed by atoms with Crippen LogP contribution in [0.15, 0.2) is 60.7 Å². The molecule has 4 heteroatoms. The Kier molecular flexibility index (Phi) is 4.91. The van der Waals surface area contributed by atoms with Crippen LogP contribution >= 0.6 is 11.6 Å². The minimum Gasteiger partial charge on any atom is -0.341 e. The van der Waals surface area contributed by atoms with Gasteiger partial charge in [-0.2, -0.15) is 0 Å². The molecule has 2 aromatic carbocycles. The predicted molar refractivity (Wildman–Crippen MR) is 78.3 cm³/mol. The third-order valence-corrected chi connectivity index (χ3v) is 3.09. The number of hydrogen-bond acceptors (Lipinski definition) is 2. The van der Waals surface area contributed by atoms with Gasteiger partial charge in [0.15, 0.2) is 0 Å². The Hall–Kier alpha value is -2.13. The second-order valence-electron chi connectivity index (χ2n) is 4.38. The van der Waals surface area contributed by atoms with Gasteiger partial charge in [-0.1, -0.05) is 60.7 Å². The number of rotatable bonds is 5. The highest BCUT2D eigenvalue weighted by Gasteiger charge is 2.20. The summed E-state index contributed by atoms with van der Waals surface area (Å²) >= 11 is 5.57. The van der Waals surface area contributed by atoms with Crippen LogP contribution in [-0.2, 0) is 16.0 Å². The van der Waals surface area contributed by atoms with Crippen molar-refractivity contribution in [3.8, 4) is 0 Å². The molecular weight excluding hydrogens is 274 g/mol. The van der Waals surface area contributed by atoms with E-state index in [9.17, 15) is 9.59 Å². The smallest absolute Gasteiger partial charge is 0.248 e. The maximum atomic E-state index is 12.0. The van der Waals surface area contributed by atoms with Crippen molar-refractivity contribution in [1.29, 1.82) is 0 Å². The van der Waals surface area contributed by atoms with Gasteiger partial charge >= 0.3 is 0 Å². The first-order valence-electron chi connectivity index (χ1n) is 6.24. The standard InChI is InChI=1S/C16H14ClNO2/c17-16(20)15(13-9-5-2-6-10-13)18-14(19)11-12-7-3-1-4-8-12/h1-10,15H,11H2,(H,18,19). The molecule has 0 fully saturated rings. The van der Waals surface area contributed by atoms with Crippen molar-refractivity contribution in [2.24, 2.45) is 0 Å². The molecular formula is C16H14ClNO2. The van der Waals surface area contributed by atoms with Crippen molar-refractivity contribution < 1.29 is 9.59 Å². The lowest BCUT2D eigenvalue weighted by atomic mass is 10.1. The fraction of sp³-hybridized carbons (Fsp3) is 0.125. The number of carbonyl (C=O) groups is 2. The molecule has 1 amide bonds. The van der Waals surface area contributed by atoms with Crippen molar-refractivity contribution in [1.82, 2.24) is 5.32 Å². The van der Waals surface area contributed by atoms with Crippen molar-refractivity contribution >= 4 is 22.8 Å². The Bertz CT molecular complexity index is 584. The van der Waals surface area contributed by atoms with E-state index >= 15 is 0 Å². The molecule has 0 aliphatic rings. The molecule has 1 atom stereocenters. The first-order chi connectivity index (χ1) is 9.66. The van der Waals surface area contributed by atoms with Crippen LogP contribution in [0.4, 0.5) is 0 Å². The summed E-state index contributed by atoms with van der Waals surface area (Å²) in [7, 11) is 0. The molecule has 0 saturated heterocycles. The van der Waals surface area contributed by atoms with Gasteiger partial charge in [0, 0.05) is 0 Å². The molecule has 102 valence electrons. The van der Waals surface area contributed by atoms with Crippen LogP contribution in [0.3, 0.4) is 0 Å². The molecule has 0 radical (unpaired) electrons. The van der Waals surface area contributed by atoms with Crippen LogP contribution in [0, 0.1) is 0 Å². The number of amides is 1. The molecule has 0 saturated carbocycles. The van der Waals surface area contributed by atoms with Gasteiger partial charge in [0.25, 0.3) is 0 Å². The zero-order valence-corrected chi connectivity index (χ0v) is 11.5. The lowest BCUT2D eigenvalue weighted by Crippen LogP contribution is -2.33. The molecule has 0 aromatic heterocycles. The van der Waals surface area contributed by atoms with Crippen LogP contribution in [-0.4, -0.2) is 11.1 Å². The molecule has 2 rings (SSSR count). The van der Waals surface area contributed by atoms with E-state index in [1.807, 2.05) is 36.4 Å². The highest BCUT2D eigenvalue weighted by atomic mass is 35.5. The number of halogens is 1. The number of nitrogens with one attached hydrogen (secondary N) is 1. The van der Waals surface area contributed by atoms with E-state index in [1.54, 1.807) is 24.3 Å². The fourth-order valence-electron chi connectivity index (χ4n) is 1.91. The van der Waals surface area contributed by atoms with Gasteiger partial charge in [0.1, 0.15) is 6.04 Å². The molecule has 2 aromatic rings. The van der Waals surface area contributed by atoms with Gasteiger partial charge in [-0.15, -0.1) is 0 Å². The summed E-state index contributed by atoms with van der Waals surface area (Å²) in [5.74, 6) is -0.237. The van der Waals surface area contributed by atoms with E-state index < -0.39 is 11.3 Å². The molecule has 1 N–H and O–H groups in total. The molecule has 0 spiro atoms. The lowest BCUT2D eigenvalue weighted by Gasteiger charge is -2.15. The quantitative estimate of drug-likeness (QED) is 0.860. The van der Waals surface area contributed by atoms with Gasteiger partial charge in [0.05, 0.1) is 6.42 Å². The molecule has 0 aliphatic carbocycles. The SMILES string of the molecule is O=C(Cc1ccccc1)NC(C(=O)Cl)c1ccccc1. The van der Waals surface area contributed by atoms with Gasteiger partial charge in [-0.05, 0) is 22.7 Å². The molecule has 0 bridgehead atoms. The third kappa shape index (κ3) is 3.93. The first kappa shape index (κ1) is 14.3.